The summed E-state index contributed by atoms with van der Waals surface area (Å²) in [6.45, 7) is 0. The maximum Gasteiger partial charge on any atom is 0.271 e. The molecular weight excluding hydrogens is 228 g/mol. The third-order valence-corrected chi connectivity index (χ3v) is 4.77. The molecule has 1 aliphatic carbocycles. The van der Waals surface area contributed by atoms with Crippen LogP contribution in [0.1, 0.15) is 23.2 Å². The minimum absolute atomic E-state index is 0.0457. The Morgan fingerprint density at radius 2 is 2.00 bits per heavy atom. The number of nitrogen functional groups attached to an aromatic ring is 1. The minimum atomic E-state index is -3.65. The summed E-state index contributed by atoms with van der Waals surface area (Å²) in [6, 6.07) is 4.36. The van der Waals surface area contributed by atoms with Gasteiger partial charge >= 0.3 is 0 Å². The SMILES string of the molecule is Nc1cccc2c1C(=O)N(C1CC1)S2(=O)=O. The van der Waals surface area contributed by atoms with Gasteiger partial charge in [-0.2, -0.15) is 0 Å². The number of benzene rings is 1. The smallest absolute Gasteiger partial charge is 0.271 e. The normalized spacial score (nSPS) is 22.2. The van der Waals surface area contributed by atoms with E-state index in [4.69, 9.17) is 5.73 Å². The van der Waals surface area contributed by atoms with Gasteiger partial charge in [0.2, 0.25) is 0 Å². The van der Waals surface area contributed by atoms with Crippen molar-refractivity contribution in [2.75, 3.05) is 5.73 Å². The summed E-state index contributed by atoms with van der Waals surface area (Å²) in [5.41, 5.74) is 6.02. The largest absolute Gasteiger partial charge is 0.398 e. The Kier molecular flexibility index (Phi) is 1.67. The molecule has 3 rings (SSSR count). The van der Waals surface area contributed by atoms with Crippen LogP contribution in [0.15, 0.2) is 23.1 Å². The lowest BCUT2D eigenvalue weighted by molar-refractivity contribution is 0.0866. The van der Waals surface area contributed by atoms with Crippen LogP contribution in [-0.2, 0) is 10.0 Å². The van der Waals surface area contributed by atoms with E-state index in [1.807, 2.05) is 0 Å². The van der Waals surface area contributed by atoms with Crippen molar-refractivity contribution < 1.29 is 13.2 Å². The molecule has 2 aliphatic rings. The molecule has 1 aliphatic heterocycles. The highest BCUT2D eigenvalue weighted by Gasteiger charge is 2.49. The van der Waals surface area contributed by atoms with Crippen LogP contribution in [0.3, 0.4) is 0 Å². The number of hydrogen-bond donors (Lipinski definition) is 1. The summed E-state index contributed by atoms with van der Waals surface area (Å²) >= 11 is 0. The Morgan fingerprint density at radius 1 is 1.31 bits per heavy atom. The van der Waals surface area contributed by atoms with E-state index in [1.54, 1.807) is 12.1 Å². The molecule has 1 saturated carbocycles. The zero-order valence-electron chi connectivity index (χ0n) is 8.38. The molecule has 0 bridgehead atoms. The van der Waals surface area contributed by atoms with E-state index in [2.05, 4.69) is 0 Å². The topological polar surface area (TPSA) is 80.5 Å². The Bertz CT molecular complexity index is 590. The van der Waals surface area contributed by atoms with Gasteiger partial charge in [-0.15, -0.1) is 0 Å². The summed E-state index contributed by atoms with van der Waals surface area (Å²) < 4.78 is 25.1. The van der Waals surface area contributed by atoms with Gasteiger partial charge in [-0.1, -0.05) is 6.07 Å². The van der Waals surface area contributed by atoms with Gasteiger partial charge < -0.3 is 5.73 Å². The van der Waals surface area contributed by atoms with Crippen molar-refractivity contribution in [3.63, 3.8) is 0 Å². The number of nitrogens with zero attached hydrogens (tertiary/aromatic N) is 1. The van der Waals surface area contributed by atoms with Gasteiger partial charge in [0, 0.05) is 11.7 Å². The highest BCUT2D eigenvalue weighted by atomic mass is 32.2. The summed E-state index contributed by atoms with van der Waals surface area (Å²) in [4.78, 5) is 12.0. The van der Waals surface area contributed by atoms with Gasteiger partial charge in [-0.3, -0.25) is 4.79 Å². The Hall–Kier alpha value is -1.56. The number of carbonyl (C=O) groups excluding carboxylic acids is 1. The van der Waals surface area contributed by atoms with Gasteiger partial charge in [0.15, 0.2) is 0 Å². The lowest BCUT2D eigenvalue weighted by Gasteiger charge is -2.12. The molecule has 1 amide bonds. The second kappa shape index (κ2) is 2.76. The fourth-order valence-electron chi connectivity index (χ4n) is 1.99. The van der Waals surface area contributed by atoms with Gasteiger partial charge in [0.1, 0.15) is 4.90 Å². The van der Waals surface area contributed by atoms with E-state index >= 15 is 0 Å². The highest BCUT2D eigenvalue weighted by Crippen LogP contribution is 2.40. The molecule has 16 heavy (non-hydrogen) atoms. The molecule has 6 heteroatoms. The maximum absolute atomic E-state index is 12.1. The standard InChI is InChI=1S/C10H10N2O3S/c11-7-2-1-3-8-9(7)10(13)12(6-4-5-6)16(8,14)15/h1-3,6H,4-5,11H2. The maximum atomic E-state index is 12.1. The highest BCUT2D eigenvalue weighted by molar-refractivity contribution is 7.90. The van der Waals surface area contributed by atoms with Gasteiger partial charge in [0.05, 0.1) is 5.56 Å². The Morgan fingerprint density at radius 3 is 2.56 bits per heavy atom. The van der Waals surface area contributed by atoms with Crippen molar-refractivity contribution in [3.05, 3.63) is 23.8 Å². The molecule has 1 heterocycles. The van der Waals surface area contributed by atoms with E-state index in [0.29, 0.717) is 0 Å². The predicted molar refractivity (Wildman–Crippen MR) is 57.2 cm³/mol. The number of amides is 1. The first-order valence-electron chi connectivity index (χ1n) is 5.01. The average Bonchev–Trinajstić information content (AvgIpc) is 2.98. The number of anilines is 1. The van der Waals surface area contributed by atoms with E-state index in [9.17, 15) is 13.2 Å². The monoisotopic (exact) mass is 238 g/mol. The van der Waals surface area contributed by atoms with Crippen molar-refractivity contribution in [2.24, 2.45) is 0 Å². The molecule has 0 radical (unpaired) electrons. The van der Waals surface area contributed by atoms with Crippen LogP contribution >= 0.6 is 0 Å². The number of nitrogens with two attached hydrogens (primary N) is 1. The molecule has 5 nitrogen and oxygen atoms in total. The van der Waals surface area contributed by atoms with Crippen LogP contribution in [-0.4, -0.2) is 24.7 Å². The third-order valence-electron chi connectivity index (χ3n) is 2.89. The quantitative estimate of drug-likeness (QED) is 0.725. The molecule has 0 unspecified atom stereocenters. The second-order valence-electron chi connectivity index (χ2n) is 4.06. The zero-order valence-corrected chi connectivity index (χ0v) is 9.20. The first-order valence-corrected chi connectivity index (χ1v) is 6.45. The Labute approximate surface area is 92.9 Å². The van der Waals surface area contributed by atoms with Gasteiger partial charge in [0.25, 0.3) is 15.9 Å². The Balaban J connectivity index is 2.29. The zero-order chi connectivity index (χ0) is 11.5. The van der Waals surface area contributed by atoms with Crippen molar-refractivity contribution >= 4 is 21.6 Å². The fraction of sp³-hybridized carbons (Fsp3) is 0.300. The number of sulfonamides is 1. The molecule has 1 fully saturated rings. The van der Waals surface area contributed by atoms with E-state index in [0.717, 1.165) is 17.1 Å². The first kappa shape index (κ1) is 9.65. The lowest BCUT2D eigenvalue weighted by atomic mass is 10.1. The summed E-state index contributed by atoms with van der Waals surface area (Å²) in [5.74, 6) is -0.476. The van der Waals surface area contributed by atoms with Crippen LogP contribution in [0.2, 0.25) is 0 Å². The lowest BCUT2D eigenvalue weighted by Crippen LogP contribution is -2.32. The number of rotatable bonds is 1. The molecule has 1 aromatic rings. The van der Waals surface area contributed by atoms with Crippen molar-refractivity contribution in [1.29, 1.82) is 0 Å². The van der Waals surface area contributed by atoms with Crippen molar-refractivity contribution in [3.8, 4) is 0 Å². The van der Waals surface area contributed by atoms with E-state index in [-0.39, 0.29) is 22.2 Å². The van der Waals surface area contributed by atoms with Crippen LogP contribution in [0.5, 0.6) is 0 Å². The molecule has 0 saturated heterocycles. The summed E-state index contributed by atoms with van der Waals surface area (Å²) in [6.07, 6.45) is 1.50. The molecule has 2 N–H and O–H groups in total. The number of carbonyl (C=O) groups is 1. The third kappa shape index (κ3) is 1.05. The van der Waals surface area contributed by atoms with Crippen LogP contribution in [0, 0.1) is 0 Å². The molecule has 84 valence electrons. The van der Waals surface area contributed by atoms with E-state index in [1.165, 1.54) is 6.07 Å². The molecule has 0 spiro atoms. The minimum Gasteiger partial charge on any atom is -0.398 e. The van der Waals surface area contributed by atoms with Crippen LogP contribution in [0.25, 0.3) is 0 Å². The molecule has 1 aromatic carbocycles. The molecule has 0 atom stereocenters. The summed E-state index contributed by atoms with van der Waals surface area (Å²) in [5, 5.41) is 0. The first-order chi connectivity index (χ1) is 7.53. The molecule has 0 aromatic heterocycles. The van der Waals surface area contributed by atoms with Crippen molar-refractivity contribution in [1.82, 2.24) is 4.31 Å². The van der Waals surface area contributed by atoms with Gasteiger partial charge in [-0.25, -0.2) is 12.7 Å². The second-order valence-corrected chi connectivity index (χ2v) is 5.84. The molecular formula is C10H10N2O3S. The predicted octanol–water partition coefficient (Wildman–Crippen LogP) is 0.576. The van der Waals surface area contributed by atoms with E-state index < -0.39 is 15.9 Å². The summed E-state index contributed by atoms with van der Waals surface area (Å²) in [7, 11) is -3.65. The van der Waals surface area contributed by atoms with Gasteiger partial charge in [-0.05, 0) is 25.0 Å². The van der Waals surface area contributed by atoms with Crippen LogP contribution < -0.4 is 5.73 Å². The number of hydrogen-bond acceptors (Lipinski definition) is 4. The van der Waals surface area contributed by atoms with Crippen LogP contribution in [0.4, 0.5) is 5.69 Å². The van der Waals surface area contributed by atoms with Crippen molar-refractivity contribution in [2.45, 2.75) is 23.8 Å². The number of fused-ring (bicyclic) bond motifs is 1. The fourth-order valence-corrected chi connectivity index (χ4v) is 3.83. The average molecular weight is 238 g/mol.